The van der Waals surface area contributed by atoms with Gasteiger partial charge >= 0.3 is 0 Å². The molecule has 0 atom stereocenters. The van der Waals surface area contributed by atoms with E-state index in [1.54, 1.807) is 18.0 Å². The van der Waals surface area contributed by atoms with E-state index in [1.165, 1.54) is 0 Å². The standard InChI is InChI=1S/C19H22N2O2/c1-3-12-23-18-11-7-10-17(13-18)20-14-19(22)21(2)15-16-8-5-4-6-9-16/h3-11,13,20H,1,12,14-15H2,2H3. The number of nitrogens with one attached hydrogen (secondary N) is 1. The lowest BCUT2D eigenvalue weighted by Gasteiger charge is -2.18. The zero-order valence-corrected chi connectivity index (χ0v) is 13.4. The number of ether oxygens (including phenoxy) is 1. The molecule has 0 aliphatic rings. The molecule has 0 heterocycles. The molecule has 2 aromatic rings. The van der Waals surface area contributed by atoms with Crippen molar-refractivity contribution in [3.63, 3.8) is 0 Å². The van der Waals surface area contributed by atoms with Gasteiger partial charge < -0.3 is 15.0 Å². The smallest absolute Gasteiger partial charge is 0.241 e. The second-order valence-corrected chi connectivity index (χ2v) is 5.22. The highest BCUT2D eigenvalue weighted by Crippen LogP contribution is 2.17. The third-order valence-electron chi connectivity index (χ3n) is 3.33. The molecule has 0 spiro atoms. The molecule has 0 saturated heterocycles. The summed E-state index contributed by atoms with van der Waals surface area (Å²) in [6, 6.07) is 17.5. The summed E-state index contributed by atoms with van der Waals surface area (Å²) in [6.07, 6.45) is 1.70. The Hall–Kier alpha value is -2.75. The highest BCUT2D eigenvalue weighted by Gasteiger charge is 2.09. The minimum absolute atomic E-state index is 0.0336. The topological polar surface area (TPSA) is 41.6 Å². The van der Waals surface area contributed by atoms with Gasteiger partial charge in [-0.1, -0.05) is 49.1 Å². The van der Waals surface area contributed by atoms with Crippen LogP contribution in [0.3, 0.4) is 0 Å². The van der Waals surface area contributed by atoms with Crippen LogP contribution in [0.15, 0.2) is 67.3 Å². The summed E-state index contributed by atoms with van der Waals surface area (Å²) in [6.45, 7) is 4.93. The van der Waals surface area contributed by atoms with Gasteiger partial charge in [-0.3, -0.25) is 4.79 Å². The lowest BCUT2D eigenvalue weighted by atomic mass is 10.2. The van der Waals surface area contributed by atoms with Crippen molar-refractivity contribution < 1.29 is 9.53 Å². The molecule has 0 unspecified atom stereocenters. The maximum Gasteiger partial charge on any atom is 0.241 e. The van der Waals surface area contributed by atoms with Gasteiger partial charge in [-0.15, -0.1) is 0 Å². The third-order valence-corrected chi connectivity index (χ3v) is 3.33. The number of anilines is 1. The van der Waals surface area contributed by atoms with Gasteiger partial charge in [-0.25, -0.2) is 0 Å². The van der Waals surface area contributed by atoms with E-state index in [0.717, 1.165) is 17.0 Å². The van der Waals surface area contributed by atoms with Crippen molar-refractivity contribution in [1.29, 1.82) is 0 Å². The van der Waals surface area contributed by atoms with Crippen molar-refractivity contribution >= 4 is 11.6 Å². The Kier molecular flexibility index (Phi) is 6.24. The minimum Gasteiger partial charge on any atom is -0.489 e. The van der Waals surface area contributed by atoms with E-state index in [0.29, 0.717) is 13.2 Å². The summed E-state index contributed by atoms with van der Waals surface area (Å²) >= 11 is 0. The normalized spacial score (nSPS) is 9.96. The molecule has 1 amide bonds. The Morgan fingerprint density at radius 2 is 2.00 bits per heavy atom. The number of likely N-dealkylation sites (N-methyl/N-ethyl adjacent to an activating group) is 1. The first-order chi connectivity index (χ1) is 11.2. The zero-order valence-electron chi connectivity index (χ0n) is 13.4. The molecular formula is C19H22N2O2. The van der Waals surface area contributed by atoms with Gasteiger partial charge in [-0.2, -0.15) is 0 Å². The number of carbonyl (C=O) groups excluding carboxylic acids is 1. The molecule has 4 heteroatoms. The van der Waals surface area contributed by atoms with Gasteiger partial charge in [0.25, 0.3) is 0 Å². The maximum absolute atomic E-state index is 12.2. The van der Waals surface area contributed by atoms with Crippen LogP contribution < -0.4 is 10.1 Å². The first-order valence-electron chi connectivity index (χ1n) is 7.54. The van der Waals surface area contributed by atoms with Gasteiger partial charge in [0.05, 0.1) is 6.54 Å². The molecule has 0 fully saturated rings. The van der Waals surface area contributed by atoms with Crippen LogP contribution in [0.25, 0.3) is 0 Å². The Labute approximate surface area is 137 Å². The monoisotopic (exact) mass is 310 g/mol. The molecule has 23 heavy (non-hydrogen) atoms. The number of rotatable bonds is 8. The predicted molar refractivity (Wildman–Crippen MR) is 93.5 cm³/mol. The first-order valence-corrected chi connectivity index (χ1v) is 7.54. The number of amides is 1. The van der Waals surface area contributed by atoms with Crippen LogP contribution in [-0.4, -0.2) is 31.0 Å². The molecule has 120 valence electrons. The second kappa shape index (κ2) is 8.63. The van der Waals surface area contributed by atoms with Gasteiger partial charge in [0.1, 0.15) is 12.4 Å². The quantitative estimate of drug-likeness (QED) is 0.761. The lowest BCUT2D eigenvalue weighted by molar-refractivity contribution is -0.128. The van der Waals surface area contributed by atoms with Crippen molar-refractivity contribution in [2.24, 2.45) is 0 Å². The Morgan fingerprint density at radius 3 is 2.74 bits per heavy atom. The van der Waals surface area contributed by atoms with Crippen molar-refractivity contribution in [2.75, 3.05) is 25.5 Å². The number of nitrogens with zero attached hydrogens (tertiary/aromatic N) is 1. The van der Waals surface area contributed by atoms with E-state index in [4.69, 9.17) is 4.74 Å². The number of hydrogen-bond acceptors (Lipinski definition) is 3. The summed E-state index contributed by atoms with van der Waals surface area (Å²) in [4.78, 5) is 13.9. The van der Waals surface area contributed by atoms with Crippen molar-refractivity contribution in [3.05, 3.63) is 72.8 Å². The number of benzene rings is 2. The van der Waals surface area contributed by atoms with Gasteiger partial charge in [0.15, 0.2) is 0 Å². The van der Waals surface area contributed by atoms with E-state index in [9.17, 15) is 4.79 Å². The van der Waals surface area contributed by atoms with Crippen molar-refractivity contribution in [2.45, 2.75) is 6.54 Å². The van der Waals surface area contributed by atoms with Crippen molar-refractivity contribution in [3.8, 4) is 5.75 Å². The minimum atomic E-state index is 0.0336. The van der Waals surface area contributed by atoms with Crippen LogP contribution in [0.2, 0.25) is 0 Å². The molecule has 2 rings (SSSR count). The lowest BCUT2D eigenvalue weighted by Crippen LogP contribution is -2.31. The summed E-state index contributed by atoms with van der Waals surface area (Å²) in [5.74, 6) is 0.784. The second-order valence-electron chi connectivity index (χ2n) is 5.22. The van der Waals surface area contributed by atoms with E-state index < -0.39 is 0 Å². The number of hydrogen-bond donors (Lipinski definition) is 1. The number of carbonyl (C=O) groups is 1. The molecule has 0 saturated carbocycles. The van der Waals surface area contributed by atoms with E-state index in [2.05, 4.69) is 11.9 Å². The average molecular weight is 310 g/mol. The van der Waals surface area contributed by atoms with Crippen LogP contribution in [-0.2, 0) is 11.3 Å². The molecular weight excluding hydrogens is 288 g/mol. The molecule has 0 aliphatic carbocycles. The highest BCUT2D eigenvalue weighted by molar-refractivity contribution is 5.80. The van der Waals surface area contributed by atoms with Crippen LogP contribution >= 0.6 is 0 Å². The molecule has 0 bridgehead atoms. The Morgan fingerprint density at radius 1 is 1.22 bits per heavy atom. The fraction of sp³-hybridized carbons (Fsp3) is 0.211. The Bertz CT molecular complexity index is 641. The molecule has 0 aromatic heterocycles. The molecule has 4 nitrogen and oxygen atoms in total. The van der Waals surface area contributed by atoms with E-state index in [-0.39, 0.29) is 12.5 Å². The SMILES string of the molecule is C=CCOc1cccc(NCC(=O)N(C)Cc2ccccc2)c1. The third kappa shape index (κ3) is 5.51. The molecule has 1 N–H and O–H groups in total. The zero-order chi connectivity index (χ0) is 16.5. The van der Waals surface area contributed by atoms with E-state index in [1.807, 2.05) is 54.6 Å². The fourth-order valence-corrected chi connectivity index (χ4v) is 2.11. The van der Waals surface area contributed by atoms with Crippen LogP contribution in [0.1, 0.15) is 5.56 Å². The van der Waals surface area contributed by atoms with Gasteiger partial charge in [-0.05, 0) is 17.7 Å². The van der Waals surface area contributed by atoms with E-state index >= 15 is 0 Å². The predicted octanol–water partition coefficient (Wildman–Crippen LogP) is 3.32. The summed E-state index contributed by atoms with van der Waals surface area (Å²) in [5, 5.41) is 3.13. The molecule has 0 radical (unpaired) electrons. The summed E-state index contributed by atoms with van der Waals surface area (Å²) in [5.41, 5.74) is 1.97. The van der Waals surface area contributed by atoms with Crippen molar-refractivity contribution in [1.82, 2.24) is 4.90 Å². The largest absolute Gasteiger partial charge is 0.489 e. The first kappa shape index (κ1) is 16.6. The fourth-order valence-electron chi connectivity index (χ4n) is 2.11. The van der Waals surface area contributed by atoms with Gasteiger partial charge in [0, 0.05) is 25.3 Å². The summed E-state index contributed by atoms with van der Waals surface area (Å²) < 4.78 is 5.48. The van der Waals surface area contributed by atoms with Gasteiger partial charge in [0.2, 0.25) is 5.91 Å². The molecule has 2 aromatic carbocycles. The van der Waals surface area contributed by atoms with Crippen LogP contribution in [0.4, 0.5) is 5.69 Å². The summed E-state index contributed by atoms with van der Waals surface area (Å²) in [7, 11) is 1.81. The Balaban J connectivity index is 1.85. The average Bonchev–Trinajstić information content (AvgIpc) is 2.59. The maximum atomic E-state index is 12.2. The van der Waals surface area contributed by atoms with Crippen LogP contribution in [0.5, 0.6) is 5.75 Å². The highest BCUT2D eigenvalue weighted by atomic mass is 16.5. The van der Waals surface area contributed by atoms with Crippen LogP contribution in [0, 0.1) is 0 Å². The molecule has 0 aliphatic heterocycles.